The molecule has 1 aliphatic heterocycles. The Morgan fingerprint density at radius 1 is 0.952 bits per heavy atom. The van der Waals surface area contributed by atoms with Gasteiger partial charge in [0.1, 0.15) is 0 Å². The molecule has 3 N–H and O–H groups in total. The topological polar surface area (TPSA) is 83.1 Å². The molecule has 4 atom stereocenters. The number of nitrogens with zero attached hydrogens (tertiary/aromatic N) is 1. The lowest BCUT2D eigenvalue weighted by Crippen LogP contribution is -2.47. The minimum atomic E-state index is -0.552. The van der Waals surface area contributed by atoms with Gasteiger partial charge in [0, 0.05) is 42.8 Å². The number of hydrogen-bond donors (Lipinski definition) is 3. The van der Waals surface area contributed by atoms with Gasteiger partial charge in [-0.2, -0.15) is 0 Å². The Morgan fingerprint density at radius 3 is 2.31 bits per heavy atom. The fourth-order valence-electron chi connectivity index (χ4n) is 6.04. The Hall–Kier alpha value is -3.49. The van der Waals surface area contributed by atoms with Crippen molar-refractivity contribution >= 4 is 11.7 Å². The molecule has 222 valence electrons. The van der Waals surface area contributed by atoms with Crippen molar-refractivity contribution in [1.29, 1.82) is 0 Å². The summed E-state index contributed by atoms with van der Waals surface area (Å²) in [5, 5.41) is 15.3. The van der Waals surface area contributed by atoms with E-state index in [0.29, 0.717) is 18.3 Å². The van der Waals surface area contributed by atoms with Crippen molar-refractivity contribution < 1.29 is 19.4 Å². The van der Waals surface area contributed by atoms with Crippen LogP contribution >= 0.6 is 0 Å². The molecule has 0 radical (unpaired) electrons. The summed E-state index contributed by atoms with van der Waals surface area (Å²) >= 11 is 0. The van der Waals surface area contributed by atoms with Crippen molar-refractivity contribution in [3.63, 3.8) is 0 Å². The predicted octanol–water partition coefficient (Wildman–Crippen LogP) is 6.72. The molecule has 0 aromatic heterocycles. The van der Waals surface area contributed by atoms with E-state index in [1.54, 1.807) is 0 Å². The molecule has 3 aromatic rings. The number of hydrogen-bond acceptors (Lipinski definition) is 5. The van der Waals surface area contributed by atoms with Crippen LogP contribution in [0.1, 0.15) is 67.3 Å². The zero-order chi connectivity index (χ0) is 29.3. The molecule has 2 fully saturated rings. The zero-order valence-corrected chi connectivity index (χ0v) is 24.5. The smallest absolute Gasteiger partial charge is 0.319 e. The number of carbonyl (C=O) groups excluding carboxylic acids is 1. The molecule has 5 rings (SSSR count). The maximum atomic E-state index is 12.5. The van der Waals surface area contributed by atoms with Crippen LogP contribution in [0.5, 0.6) is 0 Å². The van der Waals surface area contributed by atoms with Crippen molar-refractivity contribution in [3.05, 3.63) is 114 Å². The second-order valence-electron chi connectivity index (χ2n) is 11.4. The highest BCUT2D eigenvalue weighted by molar-refractivity contribution is 5.89. The van der Waals surface area contributed by atoms with Gasteiger partial charge in [-0.1, -0.05) is 92.6 Å². The predicted molar refractivity (Wildman–Crippen MR) is 166 cm³/mol. The monoisotopic (exact) mass is 569 g/mol. The van der Waals surface area contributed by atoms with Crippen LogP contribution in [-0.4, -0.2) is 41.3 Å². The molecule has 7 heteroatoms. The molecular weight excluding hydrogens is 526 g/mol. The van der Waals surface area contributed by atoms with E-state index in [9.17, 15) is 9.90 Å². The first-order valence-corrected chi connectivity index (χ1v) is 15.1. The van der Waals surface area contributed by atoms with Gasteiger partial charge in [0.2, 0.25) is 0 Å². The van der Waals surface area contributed by atoms with E-state index < -0.39 is 6.29 Å². The van der Waals surface area contributed by atoms with Gasteiger partial charge >= 0.3 is 6.03 Å². The number of aliphatic hydroxyl groups excluding tert-OH is 1. The summed E-state index contributed by atoms with van der Waals surface area (Å²) in [6.07, 6.45) is 6.20. The normalized spacial score (nSPS) is 22.6. The fraction of sp³-hybridized carbons (Fsp3) is 0.400. The summed E-state index contributed by atoms with van der Waals surface area (Å²) in [5.41, 5.74) is 4.58. The number of aliphatic hydroxyl groups is 1. The van der Waals surface area contributed by atoms with Crippen LogP contribution in [0, 0.1) is 5.92 Å². The zero-order valence-electron chi connectivity index (χ0n) is 24.5. The second-order valence-corrected chi connectivity index (χ2v) is 11.4. The molecule has 1 saturated carbocycles. The van der Waals surface area contributed by atoms with Gasteiger partial charge in [0.05, 0.1) is 18.8 Å². The number of nitrogens with one attached hydrogen (secondary N) is 2. The third-order valence-electron chi connectivity index (χ3n) is 8.48. The molecule has 1 saturated heterocycles. The molecule has 42 heavy (non-hydrogen) atoms. The van der Waals surface area contributed by atoms with E-state index in [-0.39, 0.29) is 30.8 Å². The lowest BCUT2D eigenvalue weighted by Gasteiger charge is -2.43. The minimum Gasteiger partial charge on any atom is -0.392 e. The minimum absolute atomic E-state index is 0.0122. The summed E-state index contributed by atoms with van der Waals surface area (Å²) in [6, 6.07) is 25.8. The molecule has 1 heterocycles. The van der Waals surface area contributed by atoms with Gasteiger partial charge in [-0.25, -0.2) is 4.79 Å². The molecule has 1 aliphatic carbocycles. The number of rotatable bonds is 11. The average molecular weight is 570 g/mol. The van der Waals surface area contributed by atoms with Crippen molar-refractivity contribution in [2.24, 2.45) is 5.92 Å². The molecule has 0 spiro atoms. The third-order valence-corrected chi connectivity index (χ3v) is 8.48. The summed E-state index contributed by atoms with van der Waals surface area (Å²) in [4.78, 5) is 15.0. The second kappa shape index (κ2) is 14.6. The number of anilines is 1. The average Bonchev–Trinajstić information content (AvgIpc) is 3.57. The van der Waals surface area contributed by atoms with E-state index >= 15 is 0 Å². The highest BCUT2D eigenvalue weighted by Gasteiger charge is 2.40. The first kappa shape index (κ1) is 30.0. The van der Waals surface area contributed by atoms with Gasteiger partial charge in [-0.05, 0) is 41.7 Å². The lowest BCUT2D eigenvalue weighted by molar-refractivity contribution is -0.276. The fourth-order valence-corrected chi connectivity index (χ4v) is 6.04. The van der Waals surface area contributed by atoms with Crippen molar-refractivity contribution in [2.45, 2.75) is 70.3 Å². The first-order valence-electron chi connectivity index (χ1n) is 15.1. The quantitative estimate of drug-likeness (QED) is 0.223. The van der Waals surface area contributed by atoms with Crippen LogP contribution in [0.3, 0.4) is 0 Å². The van der Waals surface area contributed by atoms with E-state index in [1.165, 1.54) is 25.7 Å². The summed E-state index contributed by atoms with van der Waals surface area (Å²) in [6.45, 7) is 8.34. The molecule has 2 aliphatic rings. The number of benzene rings is 3. The highest BCUT2D eigenvalue weighted by Crippen LogP contribution is 2.42. The maximum absolute atomic E-state index is 12.5. The van der Waals surface area contributed by atoms with Crippen LogP contribution < -0.4 is 10.6 Å². The first-order chi connectivity index (χ1) is 20.5. The molecule has 0 bridgehead atoms. The van der Waals surface area contributed by atoms with Gasteiger partial charge in [0.15, 0.2) is 6.29 Å². The van der Waals surface area contributed by atoms with Crippen LogP contribution in [0.15, 0.2) is 91.5 Å². The molecule has 2 amide bonds. The van der Waals surface area contributed by atoms with Gasteiger partial charge in [-0.3, -0.25) is 4.90 Å². The lowest BCUT2D eigenvalue weighted by atomic mass is 9.89. The van der Waals surface area contributed by atoms with E-state index in [0.717, 1.165) is 35.3 Å². The van der Waals surface area contributed by atoms with Crippen LogP contribution in [-0.2, 0) is 22.6 Å². The molecule has 0 unspecified atom stereocenters. The number of urea groups is 1. The Balaban J connectivity index is 1.30. The van der Waals surface area contributed by atoms with E-state index in [4.69, 9.17) is 9.47 Å². The molecular formula is C35H43N3O4. The van der Waals surface area contributed by atoms with Crippen molar-refractivity contribution in [3.8, 4) is 0 Å². The van der Waals surface area contributed by atoms with E-state index in [2.05, 4.69) is 29.0 Å². The largest absolute Gasteiger partial charge is 0.392 e. The van der Waals surface area contributed by atoms with Gasteiger partial charge in [0.25, 0.3) is 0 Å². The molecule has 3 aromatic carbocycles. The summed E-state index contributed by atoms with van der Waals surface area (Å²) in [5.74, 6) is 0.115. The number of amides is 2. The Bertz CT molecular complexity index is 1280. The van der Waals surface area contributed by atoms with Crippen molar-refractivity contribution in [1.82, 2.24) is 10.2 Å². The SMILES string of the molecule is C=CCN(C[C@H]1O[C@@H](c2ccc(NC(=O)NCc3ccccc3)cc2)O[C@@H](c2ccc(CO)cc2)[C@H]1C)C1CCCC1. The number of ether oxygens (including phenoxy) is 2. The van der Waals surface area contributed by atoms with Crippen LogP contribution in [0.4, 0.5) is 10.5 Å². The number of carbonyl (C=O) groups is 1. The molecule has 7 nitrogen and oxygen atoms in total. The van der Waals surface area contributed by atoms with Gasteiger partial charge in [-0.15, -0.1) is 6.58 Å². The Kier molecular flexibility index (Phi) is 10.4. The summed E-state index contributed by atoms with van der Waals surface area (Å²) < 4.78 is 13.3. The van der Waals surface area contributed by atoms with Crippen LogP contribution in [0.2, 0.25) is 0 Å². The van der Waals surface area contributed by atoms with Crippen molar-refractivity contribution in [2.75, 3.05) is 18.4 Å². The van der Waals surface area contributed by atoms with Gasteiger partial charge < -0.3 is 25.2 Å². The third kappa shape index (κ3) is 7.66. The maximum Gasteiger partial charge on any atom is 0.319 e. The summed E-state index contributed by atoms with van der Waals surface area (Å²) in [7, 11) is 0. The van der Waals surface area contributed by atoms with Crippen LogP contribution in [0.25, 0.3) is 0 Å². The van der Waals surface area contributed by atoms with E-state index in [1.807, 2.05) is 84.9 Å². The standard InChI is InChI=1S/C35H43N3O4/c1-3-21-38(31-11-7-8-12-31)23-32-25(2)33(28-15-13-27(24-39)14-16-28)42-34(41-32)29-17-19-30(20-18-29)37-35(40)36-22-26-9-5-4-6-10-26/h3-6,9-10,13-20,25,31-34,39H,1,7-8,11-12,21-24H2,2H3,(H2,36,37,40)/t25-,32+,33+,34+/m0/s1. The Labute approximate surface area is 249 Å². The Morgan fingerprint density at radius 2 is 1.64 bits per heavy atom. The highest BCUT2D eigenvalue weighted by atomic mass is 16.7.